The first kappa shape index (κ1) is 18.1. The van der Waals surface area contributed by atoms with Gasteiger partial charge in [0.15, 0.2) is 0 Å². The molecule has 0 aromatic heterocycles. The van der Waals surface area contributed by atoms with Gasteiger partial charge in [-0.1, -0.05) is 6.07 Å². The normalized spacial score (nSPS) is 31.0. The Morgan fingerprint density at radius 1 is 1.11 bits per heavy atom. The highest BCUT2D eigenvalue weighted by atomic mass is 16.4. The molecule has 4 aliphatic rings. The number of amides is 3. The fraction of sp³-hybridized carbons (Fsp3) is 0.619. The summed E-state index contributed by atoms with van der Waals surface area (Å²) in [7, 11) is 0. The molecule has 0 unspecified atom stereocenters. The standard InChI is InChI=1S/C21H29N3O3/c1-13(2)24(20(26)27)18-5-3-4-17(9-18)22-19(25)23-21-10-14-6-15(11-21)8-16(7-14)12-21/h3-5,9,13-16H,6-8,10-12H2,1-2H3,(H,26,27)(H2,22,23,25). The highest BCUT2D eigenvalue weighted by Gasteiger charge is 2.51. The van der Waals surface area contributed by atoms with E-state index in [4.69, 9.17) is 0 Å². The number of nitrogens with zero attached hydrogens (tertiary/aromatic N) is 1. The van der Waals surface area contributed by atoms with Crippen molar-refractivity contribution in [1.82, 2.24) is 5.32 Å². The van der Waals surface area contributed by atoms with Gasteiger partial charge in [0.05, 0.1) is 0 Å². The summed E-state index contributed by atoms with van der Waals surface area (Å²) in [6, 6.07) is 6.67. The van der Waals surface area contributed by atoms with E-state index in [9.17, 15) is 14.7 Å². The van der Waals surface area contributed by atoms with Crippen molar-refractivity contribution in [2.75, 3.05) is 10.2 Å². The molecule has 4 fully saturated rings. The lowest BCUT2D eigenvalue weighted by Crippen LogP contribution is -2.60. The third-order valence-corrected chi connectivity index (χ3v) is 6.52. The number of rotatable bonds is 4. The van der Waals surface area contributed by atoms with E-state index < -0.39 is 6.09 Å². The third kappa shape index (κ3) is 3.62. The van der Waals surface area contributed by atoms with E-state index in [1.807, 2.05) is 13.8 Å². The number of hydrogen-bond donors (Lipinski definition) is 3. The number of carbonyl (C=O) groups excluding carboxylic acids is 1. The summed E-state index contributed by atoms with van der Waals surface area (Å²) in [5.41, 5.74) is 1.13. The monoisotopic (exact) mass is 371 g/mol. The minimum Gasteiger partial charge on any atom is -0.465 e. The van der Waals surface area contributed by atoms with Crippen LogP contribution in [0.4, 0.5) is 21.0 Å². The van der Waals surface area contributed by atoms with Crippen LogP contribution in [-0.2, 0) is 0 Å². The minimum atomic E-state index is -1.000. The molecule has 0 radical (unpaired) electrons. The Hall–Kier alpha value is -2.24. The average Bonchev–Trinajstić information content (AvgIpc) is 2.52. The van der Waals surface area contributed by atoms with E-state index >= 15 is 0 Å². The summed E-state index contributed by atoms with van der Waals surface area (Å²) >= 11 is 0. The number of urea groups is 1. The molecule has 146 valence electrons. The number of benzene rings is 1. The molecule has 3 amide bonds. The smallest absolute Gasteiger partial charge is 0.412 e. The predicted molar refractivity (Wildman–Crippen MR) is 105 cm³/mol. The van der Waals surface area contributed by atoms with Gasteiger partial charge in [0.25, 0.3) is 0 Å². The van der Waals surface area contributed by atoms with Crippen molar-refractivity contribution in [3.8, 4) is 0 Å². The second kappa shape index (κ2) is 6.73. The third-order valence-electron chi connectivity index (χ3n) is 6.52. The van der Waals surface area contributed by atoms with Gasteiger partial charge < -0.3 is 15.7 Å². The minimum absolute atomic E-state index is 0.0402. The molecule has 0 spiro atoms. The average molecular weight is 371 g/mol. The van der Waals surface area contributed by atoms with Crippen LogP contribution in [0.25, 0.3) is 0 Å². The van der Waals surface area contributed by atoms with Crippen molar-refractivity contribution >= 4 is 23.5 Å². The summed E-state index contributed by atoms with van der Waals surface area (Å²) in [5.74, 6) is 2.32. The molecular formula is C21H29N3O3. The summed E-state index contributed by atoms with van der Waals surface area (Å²) in [5, 5.41) is 15.6. The molecule has 4 aliphatic carbocycles. The second-order valence-electron chi connectivity index (χ2n) is 9.07. The van der Waals surface area contributed by atoms with Crippen LogP contribution in [0, 0.1) is 17.8 Å². The van der Waals surface area contributed by atoms with E-state index in [0.29, 0.717) is 11.4 Å². The van der Waals surface area contributed by atoms with Gasteiger partial charge in [-0.25, -0.2) is 9.59 Å². The first-order valence-corrected chi connectivity index (χ1v) is 10.0. The van der Waals surface area contributed by atoms with Gasteiger partial charge in [-0.15, -0.1) is 0 Å². The lowest BCUT2D eigenvalue weighted by Gasteiger charge is -2.56. The molecule has 5 rings (SSSR count). The summed E-state index contributed by atoms with van der Waals surface area (Å²) in [6.45, 7) is 3.65. The molecule has 0 saturated heterocycles. The molecule has 4 bridgehead atoms. The molecule has 4 saturated carbocycles. The predicted octanol–water partition coefficient (Wildman–Crippen LogP) is 4.67. The number of carboxylic acid groups (broad SMARTS) is 1. The second-order valence-corrected chi connectivity index (χ2v) is 9.07. The maximum atomic E-state index is 12.7. The van der Waals surface area contributed by atoms with E-state index in [0.717, 1.165) is 37.0 Å². The maximum Gasteiger partial charge on any atom is 0.412 e. The van der Waals surface area contributed by atoms with Gasteiger partial charge in [-0.2, -0.15) is 0 Å². The lowest BCUT2D eigenvalue weighted by atomic mass is 9.53. The fourth-order valence-corrected chi connectivity index (χ4v) is 6.03. The highest BCUT2D eigenvalue weighted by Crippen LogP contribution is 2.55. The molecule has 0 aliphatic heterocycles. The zero-order valence-corrected chi connectivity index (χ0v) is 16.1. The zero-order valence-electron chi connectivity index (χ0n) is 16.1. The van der Waals surface area contributed by atoms with Crippen LogP contribution in [0.5, 0.6) is 0 Å². The lowest BCUT2D eigenvalue weighted by molar-refractivity contribution is -0.0127. The van der Waals surface area contributed by atoms with Crippen molar-refractivity contribution in [1.29, 1.82) is 0 Å². The Balaban J connectivity index is 1.44. The maximum absolute atomic E-state index is 12.7. The molecule has 0 heterocycles. The van der Waals surface area contributed by atoms with Crippen molar-refractivity contribution in [2.24, 2.45) is 17.8 Å². The Bertz CT molecular complexity index is 711. The fourth-order valence-electron chi connectivity index (χ4n) is 6.03. The van der Waals surface area contributed by atoms with Gasteiger partial charge >= 0.3 is 12.1 Å². The van der Waals surface area contributed by atoms with Crippen molar-refractivity contribution in [2.45, 2.75) is 64.0 Å². The first-order valence-electron chi connectivity index (χ1n) is 10.0. The van der Waals surface area contributed by atoms with Gasteiger partial charge in [-0.3, -0.25) is 4.90 Å². The molecule has 0 atom stereocenters. The summed E-state index contributed by atoms with van der Waals surface area (Å²) in [6.07, 6.45) is 6.33. The number of carbonyl (C=O) groups is 2. The first-order chi connectivity index (χ1) is 12.8. The SMILES string of the molecule is CC(C)N(C(=O)O)c1cccc(NC(=O)NC23CC4CC(CC(C4)C2)C3)c1. The Morgan fingerprint density at radius 3 is 2.22 bits per heavy atom. The van der Waals surface area contributed by atoms with Crippen LogP contribution in [-0.4, -0.2) is 28.8 Å². The molecule has 1 aromatic carbocycles. The number of hydrogen-bond acceptors (Lipinski definition) is 2. The number of nitrogens with one attached hydrogen (secondary N) is 2. The van der Waals surface area contributed by atoms with E-state index in [-0.39, 0.29) is 17.6 Å². The van der Waals surface area contributed by atoms with Crippen LogP contribution in [0.3, 0.4) is 0 Å². The largest absolute Gasteiger partial charge is 0.465 e. The van der Waals surface area contributed by atoms with Crippen molar-refractivity contribution in [3.63, 3.8) is 0 Å². The van der Waals surface area contributed by atoms with Crippen molar-refractivity contribution in [3.05, 3.63) is 24.3 Å². The van der Waals surface area contributed by atoms with Gasteiger partial charge in [0.1, 0.15) is 0 Å². The van der Waals surface area contributed by atoms with Crippen LogP contribution in [0.2, 0.25) is 0 Å². The quantitative estimate of drug-likeness (QED) is 0.719. The van der Waals surface area contributed by atoms with Crippen LogP contribution in [0.15, 0.2) is 24.3 Å². The topological polar surface area (TPSA) is 81.7 Å². The molecule has 6 heteroatoms. The molecule has 27 heavy (non-hydrogen) atoms. The van der Waals surface area contributed by atoms with Crippen LogP contribution >= 0.6 is 0 Å². The molecular weight excluding hydrogens is 342 g/mol. The highest BCUT2D eigenvalue weighted by molar-refractivity contribution is 5.92. The van der Waals surface area contributed by atoms with E-state index in [2.05, 4.69) is 10.6 Å². The van der Waals surface area contributed by atoms with E-state index in [1.165, 1.54) is 24.2 Å². The van der Waals surface area contributed by atoms with Gasteiger partial charge in [0, 0.05) is 23.0 Å². The Morgan fingerprint density at radius 2 is 1.70 bits per heavy atom. The zero-order chi connectivity index (χ0) is 19.2. The van der Waals surface area contributed by atoms with Crippen LogP contribution < -0.4 is 15.5 Å². The van der Waals surface area contributed by atoms with Crippen molar-refractivity contribution < 1.29 is 14.7 Å². The summed E-state index contributed by atoms with van der Waals surface area (Å²) < 4.78 is 0. The molecule has 3 N–H and O–H groups in total. The van der Waals surface area contributed by atoms with Gasteiger partial charge in [-0.05, 0) is 88.3 Å². The molecule has 6 nitrogen and oxygen atoms in total. The number of anilines is 2. The summed E-state index contributed by atoms with van der Waals surface area (Å²) in [4.78, 5) is 25.5. The molecule has 1 aromatic rings. The van der Waals surface area contributed by atoms with E-state index in [1.54, 1.807) is 24.3 Å². The Kier molecular flexibility index (Phi) is 4.52. The Labute approximate surface area is 160 Å². The van der Waals surface area contributed by atoms with Gasteiger partial charge in [0.2, 0.25) is 0 Å². The van der Waals surface area contributed by atoms with Crippen LogP contribution in [0.1, 0.15) is 52.4 Å².